The molecule has 0 radical (unpaired) electrons. The maximum absolute atomic E-state index is 11.5. The van der Waals surface area contributed by atoms with Crippen LogP contribution in [0.1, 0.15) is 32.6 Å². The summed E-state index contributed by atoms with van der Waals surface area (Å²) in [5.41, 5.74) is -0.286. The van der Waals surface area contributed by atoms with E-state index in [0.717, 1.165) is 25.7 Å². The van der Waals surface area contributed by atoms with Gasteiger partial charge in [-0.1, -0.05) is 12.8 Å². The van der Waals surface area contributed by atoms with E-state index in [4.69, 9.17) is 4.74 Å². The van der Waals surface area contributed by atoms with E-state index < -0.39 is 0 Å². The van der Waals surface area contributed by atoms with Crippen molar-refractivity contribution in [1.29, 1.82) is 0 Å². The second-order valence-corrected chi connectivity index (χ2v) is 4.46. The number of ether oxygens (including phenoxy) is 1. The molecule has 16 heavy (non-hydrogen) atoms. The molecule has 0 aromatic heterocycles. The average molecular weight is 226 g/mol. The van der Waals surface area contributed by atoms with Gasteiger partial charge in [0.05, 0.1) is 18.7 Å². The van der Waals surface area contributed by atoms with Gasteiger partial charge in [-0.25, -0.2) is 4.79 Å². The van der Waals surface area contributed by atoms with Gasteiger partial charge in [-0.2, -0.15) is 0 Å². The summed E-state index contributed by atoms with van der Waals surface area (Å²) >= 11 is 0. The van der Waals surface area contributed by atoms with Gasteiger partial charge in [0, 0.05) is 6.61 Å². The van der Waals surface area contributed by atoms with Crippen molar-refractivity contribution < 1.29 is 14.3 Å². The van der Waals surface area contributed by atoms with Crippen LogP contribution in [0.15, 0.2) is 0 Å². The summed E-state index contributed by atoms with van der Waals surface area (Å²) < 4.78 is 5.78. The van der Waals surface area contributed by atoms with Gasteiger partial charge in [-0.15, -0.1) is 0 Å². The predicted octanol–water partition coefficient (Wildman–Crippen LogP) is 0.887. The number of hydrogen-bond acceptors (Lipinski definition) is 3. The van der Waals surface area contributed by atoms with Crippen molar-refractivity contribution in [1.82, 2.24) is 10.2 Å². The molecule has 2 aliphatic rings. The Bertz CT molecular complexity index is 282. The molecular weight excluding hydrogens is 208 g/mol. The highest BCUT2D eigenvalue weighted by Gasteiger charge is 2.41. The molecule has 2 fully saturated rings. The summed E-state index contributed by atoms with van der Waals surface area (Å²) in [6.07, 6.45) is 4.11. The van der Waals surface area contributed by atoms with Crippen LogP contribution < -0.4 is 5.32 Å². The van der Waals surface area contributed by atoms with E-state index in [2.05, 4.69) is 5.32 Å². The van der Waals surface area contributed by atoms with E-state index in [-0.39, 0.29) is 24.1 Å². The van der Waals surface area contributed by atoms with Crippen LogP contribution in [0.5, 0.6) is 0 Å². The largest absolute Gasteiger partial charge is 0.373 e. The summed E-state index contributed by atoms with van der Waals surface area (Å²) in [7, 11) is 0. The van der Waals surface area contributed by atoms with Crippen molar-refractivity contribution in [3.8, 4) is 0 Å². The highest BCUT2D eigenvalue weighted by Crippen LogP contribution is 2.34. The molecular formula is C11H18N2O3. The Morgan fingerprint density at radius 1 is 1.38 bits per heavy atom. The minimum Gasteiger partial charge on any atom is -0.373 e. The summed E-state index contributed by atoms with van der Waals surface area (Å²) in [5.74, 6) is -0.143. The maximum Gasteiger partial charge on any atom is 0.324 e. The first kappa shape index (κ1) is 11.4. The molecule has 90 valence electrons. The fourth-order valence-corrected chi connectivity index (χ4v) is 2.58. The number of rotatable bonds is 4. The molecule has 5 heteroatoms. The summed E-state index contributed by atoms with van der Waals surface area (Å²) in [5, 5.41) is 2.53. The third kappa shape index (κ3) is 2.04. The van der Waals surface area contributed by atoms with Crippen LogP contribution in [0.2, 0.25) is 0 Å². The van der Waals surface area contributed by atoms with E-state index in [1.807, 2.05) is 6.92 Å². The number of carbonyl (C=O) groups excluding carboxylic acids is 2. The van der Waals surface area contributed by atoms with Gasteiger partial charge < -0.3 is 10.1 Å². The third-order valence-electron chi connectivity index (χ3n) is 3.35. The topological polar surface area (TPSA) is 58.6 Å². The lowest BCUT2D eigenvalue weighted by Gasteiger charge is -2.31. The molecule has 1 heterocycles. The zero-order chi connectivity index (χ0) is 11.6. The number of nitrogens with zero attached hydrogens (tertiary/aromatic N) is 1. The van der Waals surface area contributed by atoms with Crippen molar-refractivity contribution in [2.75, 3.05) is 19.7 Å². The lowest BCUT2D eigenvalue weighted by molar-refractivity contribution is -0.129. The number of imide groups is 1. The Morgan fingerprint density at radius 3 is 2.56 bits per heavy atom. The van der Waals surface area contributed by atoms with Crippen molar-refractivity contribution in [3.63, 3.8) is 0 Å². The quantitative estimate of drug-likeness (QED) is 0.724. The Labute approximate surface area is 95.1 Å². The maximum atomic E-state index is 11.5. The minimum absolute atomic E-state index is 0.126. The van der Waals surface area contributed by atoms with Gasteiger partial charge in [0.2, 0.25) is 5.91 Å². The van der Waals surface area contributed by atoms with Gasteiger partial charge in [0.1, 0.15) is 0 Å². The van der Waals surface area contributed by atoms with E-state index in [1.165, 1.54) is 4.90 Å². The Morgan fingerprint density at radius 2 is 2.06 bits per heavy atom. The first-order valence-corrected chi connectivity index (χ1v) is 5.89. The SMILES string of the molecule is CCOC1(CN2C(=O)CNC2=O)CCCC1. The van der Waals surface area contributed by atoms with Crippen LogP contribution in [0.4, 0.5) is 4.79 Å². The second kappa shape index (κ2) is 4.41. The van der Waals surface area contributed by atoms with Crippen molar-refractivity contribution in [2.24, 2.45) is 0 Å². The summed E-state index contributed by atoms with van der Waals surface area (Å²) in [6.45, 7) is 3.11. The Balaban J connectivity index is 2.05. The standard InChI is InChI=1S/C11H18N2O3/c1-2-16-11(5-3-4-6-11)8-13-9(14)7-12-10(13)15/h2-8H2,1H3,(H,12,15). The molecule has 1 aliphatic carbocycles. The van der Waals surface area contributed by atoms with Gasteiger partial charge in [-0.3, -0.25) is 9.69 Å². The Kier molecular flexibility index (Phi) is 3.14. The molecule has 0 aromatic carbocycles. The molecule has 1 N–H and O–H groups in total. The number of amides is 3. The van der Waals surface area contributed by atoms with E-state index >= 15 is 0 Å². The fourth-order valence-electron chi connectivity index (χ4n) is 2.58. The zero-order valence-corrected chi connectivity index (χ0v) is 9.62. The van der Waals surface area contributed by atoms with Crippen LogP contribution in [0, 0.1) is 0 Å². The second-order valence-electron chi connectivity index (χ2n) is 4.46. The molecule has 1 saturated heterocycles. The number of hydrogen-bond donors (Lipinski definition) is 1. The minimum atomic E-state index is -0.286. The fraction of sp³-hybridized carbons (Fsp3) is 0.818. The molecule has 0 atom stereocenters. The van der Waals surface area contributed by atoms with Crippen LogP contribution in [-0.4, -0.2) is 42.1 Å². The number of carbonyl (C=O) groups is 2. The molecule has 2 rings (SSSR count). The molecule has 0 spiro atoms. The first-order valence-electron chi connectivity index (χ1n) is 5.89. The van der Waals surface area contributed by atoms with Crippen LogP contribution >= 0.6 is 0 Å². The molecule has 0 bridgehead atoms. The Hall–Kier alpha value is -1.10. The average Bonchev–Trinajstić information content (AvgIpc) is 2.82. The molecule has 0 aromatic rings. The van der Waals surface area contributed by atoms with Gasteiger partial charge >= 0.3 is 6.03 Å². The third-order valence-corrected chi connectivity index (χ3v) is 3.35. The summed E-state index contributed by atoms with van der Waals surface area (Å²) in [6, 6.07) is -0.282. The van der Waals surface area contributed by atoms with Crippen LogP contribution in [-0.2, 0) is 9.53 Å². The normalized spacial score (nSPS) is 23.9. The molecule has 0 unspecified atom stereocenters. The monoisotopic (exact) mass is 226 g/mol. The number of urea groups is 1. The van der Waals surface area contributed by atoms with Crippen LogP contribution in [0.3, 0.4) is 0 Å². The predicted molar refractivity (Wildman–Crippen MR) is 57.9 cm³/mol. The highest BCUT2D eigenvalue weighted by atomic mass is 16.5. The lowest BCUT2D eigenvalue weighted by Crippen LogP contribution is -2.46. The lowest BCUT2D eigenvalue weighted by atomic mass is 10.0. The molecule has 3 amide bonds. The van der Waals surface area contributed by atoms with Crippen molar-refractivity contribution >= 4 is 11.9 Å². The molecule has 1 saturated carbocycles. The van der Waals surface area contributed by atoms with E-state index in [0.29, 0.717) is 13.2 Å². The van der Waals surface area contributed by atoms with Crippen LogP contribution in [0.25, 0.3) is 0 Å². The first-order chi connectivity index (χ1) is 7.67. The molecule has 1 aliphatic heterocycles. The van der Waals surface area contributed by atoms with Gasteiger partial charge in [0.25, 0.3) is 0 Å². The number of nitrogens with one attached hydrogen (secondary N) is 1. The van der Waals surface area contributed by atoms with Gasteiger partial charge in [0.15, 0.2) is 0 Å². The summed E-state index contributed by atoms with van der Waals surface area (Å²) in [4.78, 5) is 24.3. The van der Waals surface area contributed by atoms with Crippen molar-refractivity contribution in [2.45, 2.75) is 38.2 Å². The van der Waals surface area contributed by atoms with Crippen molar-refractivity contribution in [3.05, 3.63) is 0 Å². The van der Waals surface area contributed by atoms with E-state index in [9.17, 15) is 9.59 Å². The molecule has 5 nitrogen and oxygen atoms in total. The highest BCUT2D eigenvalue weighted by molar-refractivity contribution is 6.02. The smallest absolute Gasteiger partial charge is 0.324 e. The van der Waals surface area contributed by atoms with E-state index in [1.54, 1.807) is 0 Å². The zero-order valence-electron chi connectivity index (χ0n) is 9.62. The van der Waals surface area contributed by atoms with Gasteiger partial charge in [-0.05, 0) is 19.8 Å².